The first-order chi connectivity index (χ1) is 5.93. The molecule has 0 heterocycles. The second kappa shape index (κ2) is 3.40. The topological polar surface area (TPSA) is 0 Å². The Balaban J connectivity index is 2.95. The van der Waals surface area contributed by atoms with Crippen molar-refractivity contribution in [3.8, 4) is 0 Å². The first-order valence-corrected chi connectivity index (χ1v) is 4.05. The summed E-state index contributed by atoms with van der Waals surface area (Å²) in [5.74, 6) is -0.0605. The Bertz CT molecular complexity index is 268. The van der Waals surface area contributed by atoms with Crippen molar-refractivity contribution in [3.05, 3.63) is 36.0 Å². The minimum Gasteiger partial charge on any atom is -0.166 e. The molecule has 3 heteroatoms. The molecule has 0 aliphatic heterocycles. The highest BCUT2D eigenvalue weighted by Crippen LogP contribution is 2.34. The van der Waals surface area contributed by atoms with Crippen LogP contribution in [0.5, 0.6) is 0 Å². The van der Waals surface area contributed by atoms with Gasteiger partial charge in [-0.2, -0.15) is 13.2 Å². The molecule has 0 bridgehead atoms. The molecule has 72 valence electrons. The lowest BCUT2D eigenvalue weighted by molar-refractivity contribution is -0.0950. The zero-order valence-electron chi connectivity index (χ0n) is 7.36. The minimum absolute atomic E-state index is 0.0605. The van der Waals surface area contributed by atoms with Crippen LogP contribution in [-0.2, 0) is 0 Å². The molecule has 0 aromatic carbocycles. The fourth-order valence-electron chi connectivity index (χ4n) is 1.37. The zero-order valence-corrected chi connectivity index (χ0v) is 7.36. The van der Waals surface area contributed by atoms with Crippen LogP contribution in [0.4, 0.5) is 13.2 Å². The molecule has 0 aromatic rings. The lowest BCUT2D eigenvalue weighted by Gasteiger charge is -2.19. The Morgan fingerprint density at radius 2 is 2.15 bits per heavy atom. The SMILES string of the molecule is C=CC1=CC(C)CC(C(F)(F)F)=C1. The van der Waals surface area contributed by atoms with Crippen LogP contribution in [0.2, 0.25) is 0 Å². The van der Waals surface area contributed by atoms with Gasteiger partial charge in [-0.05, 0) is 24.0 Å². The molecule has 0 fully saturated rings. The van der Waals surface area contributed by atoms with E-state index in [1.54, 1.807) is 13.0 Å². The van der Waals surface area contributed by atoms with Gasteiger partial charge in [0.25, 0.3) is 0 Å². The third-order valence-corrected chi connectivity index (χ3v) is 1.96. The summed E-state index contributed by atoms with van der Waals surface area (Å²) in [7, 11) is 0. The van der Waals surface area contributed by atoms with Crippen molar-refractivity contribution in [1.29, 1.82) is 0 Å². The second-order valence-corrected chi connectivity index (χ2v) is 3.22. The average Bonchev–Trinajstić information content (AvgIpc) is 2.01. The number of alkyl halides is 3. The van der Waals surface area contributed by atoms with Crippen molar-refractivity contribution in [3.63, 3.8) is 0 Å². The van der Waals surface area contributed by atoms with E-state index in [9.17, 15) is 13.2 Å². The molecule has 13 heavy (non-hydrogen) atoms. The van der Waals surface area contributed by atoms with Gasteiger partial charge in [-0.1, -0.05) is 25.7 Å². The Kier molecular flexibility index (Phi) is 2.64. The normalized spacial score (nSPS) is 23.5. The summed E-state index contributed by atoms with van der Waals surface area (Å²) in [6, 6.07) is 0. The van der Waals surface area contributed by atoms with Gasteiger partial charge in [0.15, 0.2) is 0 Å². The highest BCUT2D eigenvalue weighted by molar-refractivity contribution is 5.37. The lowest BCUT2D eigenvalue weighted by atomic mass is 9.91. The van der Waals surface area contributed by atoms with Crippen molar-refractivity contribution in [2.24, 2.45) is 5.92 Å². The van der Waals surface area contributed by atoms with Crippen LogP contribution in [-0.4, -0.2) is 6.18 Å². The predicted molar refractivity (Wildman–Crippen MR) is 46.2 cm³/mol. The van der Waals surface area contributed by atoms with Crippen LogP contribution in [0.15, 0.2) is 36.0 Å². The van der Waals surface area contributed by atoms with Gasteiger partial charge < -0.3 is 0 Å². The average molecular weight is 188 g/mol. The molecule has 0 amide bonds. The fourth-order valence-corrected chi connectivity index (χ4v) is 1.37. The third-order valence-electron chi connectivity index (χ3n) is 1.96. The summed E-state index contributed by atoms with van der Waals surface area (Å²) < 4.78 is 36.9. The van der Waals surface area contributed by atoms with E-state index in [2.05, 4.69) is 6.58 Å². The first-order valence-electron chi connectivity index (χ1n) is 4.05. The largest absolute Gasteiger partial charge is 0.412 e. The van der Waals surface area contributed by atoms with Crippen molar-refractivity contribution in [2.45, 2.75) is 19.5 Å². The van der Waals surface area contributed by atoms with Crippen molar-refractivity contribution < 1.29 is 13.2 Å². The second-order valence-electron chi connectivity index (χ2n) is 3.22. The number of halogens is 3. The van der Waals surface area contributed by atoms with E-state index in [0.717, 1.165) is 6.08 Å². The molecule has 1 rings (SSSR count). The summed E-state index contributed by atoms with van der Waals surface area (Å²) in [4.78, 5) is 0. The maximum Gasteiger partial charge on any atom is 0.412 e. The quantitative estimate of drug-likeness (QED) is 0.589. The zero-order chi connectivity index (χ0) is 10.1. The van der Waals surface area contributed by atoms with E-state index < -0.39 is 11.7 Å². The monoisotopic (exact) mass is 188 g/mol. The number of rotatable bonds is 1. The van der Waals surface area contributed by atoms with Gasteiger partial charge >= 0.3 is 6.18 Å². The Morgan fingerprint density at radius 1 is 1.54 bits per heavy atom. The smallest absolute Gasteiger partial charge is 0.166 e. The molecule has 0 saturated heterocycles. The standard InChI is InChI=1S/C10H11F3/c1-3-8-4-7(2)5-9(6-8)10(11,12)13/h3-4,6-7H,1,5H2,2H3. The summed E-state index contributed by atoms with van der Waals surface area (Å²) in [5, 5.41) is 0. The molecule has 1 aliphatic carbocycles. The molecule has 0 nitrogen and oxygen atoms in total. The summed E-state index contributed by atoms with van der Waals surface area (Å²) in [5.41, 5.74) is 0.100. The molecule has 0 aromatic heterocycles. The molecule has 1 unspecified atom stereocenters. The Labute approximate surface area is 75.4 Å². The molecule has 0 radical (unpaired) electrons. The van der Waals surface area contributed by atoms with Gasteiger partial charge in [0.2, 0.25) is 0 Å². The van der Waals surface area contributed by atoms with E-state index >= 15 is 0 Å². The van der Waals surface area contributed by atoms with E-state index in [0.29, 0.717) is 5.57 Å². The number of hydrogen-bond donors (Lipinski definition) is 0. The maximum atomic E-state index is 12.3. The van der Waals surface area contributed by atoms with Crippen LogP contribution in [0, 0.1) is 5.92 Å². The van der Waals surface area contributed by atoms with E-state index in [4.69, 9.17) is 0 Å². The van der Waals surface area contributed by atoms with E-state index in [-0.39, 0.29) is 12.3 Å². The summed E-state index contributed by atoms with van der Waals surface area (Å²) >= 11 is 0. The van der Waals surface area contributed by atoms with Gasteiger partial charge in [0, 0.05) is 5.57 Å². The van der Waals surface area contributed by atoms with Gasteiger partial charge in [0.05, 0.1) is 0 Å². The van der Waals surface area contributed by atoms with Gasteiger partial charge in [-0.3, -0.25) is 0 Å². The molecule has 0 spiro atoms. The van der Waals surface area contributed by atoms with Crippen molar-refractivity contribution in [2.75, 3.05) is 0 Å². The van der Waals surface area contributed by atoms with E-state index in [1.807, 2.05) is 0 Å². The van der Waals surface area contributed by atoms with Gasteiger partial charge in [0.1, 0.15) is 0 Å². The Morgan fingerprint density at radius 3 is 2.62 bits per heavy atom. The van der Waals surface area contributed by atoms with Crippen LogP contribution >= 0.6 is 0 Å². The highest BCUT2D eigenvalue weighted by atomic mass is 19.4. The summed E-state index contributed by atoms with van der Waals surface area (Å²) in [6.45, 7) is 5.22. The molecule has 0 saturated carbocycles. The number of hydrogen-bond acceptors (Lipinski definition) is 0. The Hall–Kier alpha value is -0.990. The molecule has 1 aliphatic rings. The van der Waals surface area contributed by atoms with Crippen LogP contribution in [0.1, 0.15) is 13.3 Å². The molecule has 1 atom stereocenters. The summed E-state index contributed by atoms with van der Waals surface area (Å²) in [6.07, 6.45) is 0.272. The first kappa shape index (κ1) is 10.1. The predicted octanol–water partition coefficient (Wildman–Crippen LogP) is 3.63. The van der Waals surface area contributed by atoms with Crippen LogP contribution in [0.3, 0.4) is 0 Å². The van der Waals surface area contributed by atoms with Crippen molar-refractivity contribution >= 4 is 0 Å². The van der Waals surface area contributed by atoms with Crippen molar-refractivity contribution in [1.82, 2.24) is 0 Å². The van der Waals surface area contributed by atoms with Gasteiger partial charge in [-0.15, -0.1) is 0 Å². The number of allylic oxidation sites excluding steroid dienone is 5. The minimum atomic E-state index is -4.20. The van der Waals surface area contributed by atoms with E-state index in [1.165, 1.54) is 6.08 Å². The molecule has 0 N–H and O–H groups in total. The maximum absolute atomic E-state index is 12.3. The van der Waals surface area contributed by atoms with Crippen LogP contribution < -0.4 is 0 Å². The molecular weight excluding hydrogens is 177 g/mol. The van der Waals surface area contributed by atoms with Crippen LogP contribution in [0.25, 0.3) is 0 Å². The molecular formula is C10H11F3. The lowest BCUT2D eigenvalue weighted by Crippen LogP contribution is -2.16. The third kappa shape index (κ3) is 2.47. The highest BCUT2D eigenvalue weighted by Gasteiger charge is 2.35. The van der Waals surface area contributed by atoms with Gasteiger partial charge in [-0.25, -0.2) is 0 Å². The fraction of sp³-hybridized carbons (Fsp3) is 0.400.